The predicted molar refractivity (Wildman–Crippen MR) is 91.9 cm³/mol. The molecular weight excluding hydrogens is 326 g/mol. The topological polar surface area (TPSA) is 92.5 Å². The molecule has 1 unspecified atom stereocenters. The minimum atomic E-state index is -3.41. The summed E-state index contributed by atoms with van der Waals surface area (Å²) in [5, 5.41) is 0. The van der Waals surface area contributed by atoms with E-state index in [9.17, 15) is 13.2 Å². The lowest BCUT2D eigenvalue weighted by molar-refractivity contribution is -0.132. The Hall–Kier alpha value is -1.44. The molecule has 24 heavy (non-hydrogen) atoms. The third-order valence-electron chi connectivity index (χ3n) is 4.57. The average molecular weight is 351 g/mol. The van der Waals surface area contributed by atoms with Gasteiger partial charge in [0.1, 0.15) is 0 Å². The molecule has 1 saturated carbocycles. The highest BCUT2D eigenvalue weighted by Gasteiger charge is 2.27. The number of amides is 1. The fraction of sp³-hybridized carbons (Fsp3) is 0.588. The van der Waals surface area contributed by atoms with Crippen LogP contribution in [0, 0.1) is 0 Å². The summed E-state index contributed by atoms with van der Waals surface area (Å²) in [4.78, 5) is 14.4. The summed E-state index contributed by atoms with van der Waals surface area (Å²) >= 11 is 0. The van der Waals surface area contributed by atoms with E-state index >= 15 is 0 Å². The van der Waals surface area contributed by atoms with Gasteiger partial charge in [-0.15, -0.1) is 0 Å². The molecule has 132 valence electrons. The molecule has 1 heterocycles. The summed E-state index contributed by atoms with van der Waals surface area (Å²) in [5.74, 6) is 0.122. The zero-order valence-corrected chi connectivity index (χ0v) is 14.6. The van der Waals surface area contributed by atoms with Gasteiger partial charge in [0, 0.05) is 31.6 Å². The predicted octanol–water partition coefficient (Wildman–Crippen LogP) is 1.01. The Morgan fingerprint density at radius 2 is 1.92 bits per heavy atom. The first-order chi connectivity index (χ1) is 11.4. The van der Waals surface area contributed by atoms with Crippen LogP contribution >= 0.6 is 0 Å². The van der Waals surface area contributed by atoms with Crippen molar-refractivity contribution in [1.29, 1.82) is 0 Å². The Labute approximate surface area is 143 Å². The molecule has 3 N–H and O–H groups in total. The second-order valence-corrected chi connectivity index (χ2v) is 8.50. The van der Waals surface area contributed by atoms with Crippen LogP contribution in [0.25, 0.3) is 0 Å². The lowest BCUT2D eigenvalue weighted by Crippen LogP contribution is -2.45. The van der Waals surface area contributed by atoms with E-state index in [4.69, 9.17) is 5.73 Å². The molecule has 1 aliphatic carbocycles. The highest BCUT2D eigenvalue weighted by molar-refractivity contribution is 7.89. The molecule has 7 heteroatoms. The Morgan fingerprint density at radius 3 is 2.54 bits per heavy atom. The summed E-state index contributed by atoms with van der Waals surface area (Å²) in [6.07, 6.45) is 4.82. The van der Waals surface area contributed by atoms with Crippen molar-refractivity contribution in [2.45, 2.75) is 55.5 Å². The number of hydrogen-bond acceptors (Lipinski definition) is 4. The lowest BCUT2D eigenvalue weighted by Gasteiger charge is -2.30. The van der Waals surface area contributed by atoms with Crippen molar-refractivity contribution in [3.8, 4) is 0 Å². The maximum atomic E-state index is 12.2. The highest BCUT2D eigenvalue weighted by Crippen LogP contribution is 2.22. The number of nitrogens with one attached hydrogen (secondary N) is 1. The summed E-state index contributed by atoms with van der Waals surface area (Å²) in [6.45, 7) is 1.43. The van der Waals surface area contributed by atoms with Gasteiger partial charge in [-0.25, -0.2) is 13.1 Å². The fourth-order valence-electron chi connectivity index (χ4n) is 2.97. The van der Waals surface area contributed by atoms with Gasteiger partial charge in [0.05, 0.1) is 4.90 Å². The van der Waals surface area contributed by atoms with E-state index in [0.29, 0.717) is 19.4 Å². The number of hydrogen-bond donors (Lipinski definition) is 2. The van der Waals surface area contributed by atoms with Crippen molar-refractivity contribution in [3.63, 3.8) is 0 Å². The first kappa shape index (κ1) is 17.4. The van der Waals surface area contributed by atoms with Crippen molar-refractivity contribution in [1.82, 2.24) is 9.62 Å². The molecule has 1 atom stereocenters. The molecule has 1 aromatic rings. The molecule has 0 radical (unpaired) electrons. The number of rotatable bonds is 6. The number of likely N-dealkylation sites (tertiary alicyclic amines) is 1. The molecule has 3 rings (SSSR count). The Kier molecular flexibility index (Phi) is 5.22. The second-order valence-electron chi connectivity index (χ2n) is 6.78. The van der Waals surface area contributed by atoms with E-state index in [0.717, 1.165) is 37.8 Å². The monoisotopic (exact) mass is 351 g/mol. The van der Waals surface area contributed by atoms with Gasteiger partial charge >= 0.3 is 0 Å². The minimum absolute atomic E-state index is 0.0890. The third-order valence-corrected chi connectivity index (χ3v) is 6.11. The standard InChI is InChI=1S/C17H25N3O3S/c18-14-2-1-11-20(12-14)17(21)10-5-13-3-8-16(9-4-13)24(22,23)19-15-6-7-15/h3-4,8-9,14-15,19H,1-2,5-7,10-12,18H2. The Morgan fingerprint density at radius 1 is 1.21 bits per heavy atom. The van der Waals surface area contributed by atoms with Crippen LogP contribution < -0.4 is 10.5 Å². The zero-order valence-electron chi connectivity index (χ0n) is 13.8. The molecule has 0 spiro atoms. The number of carbonyl (C=O) groups is 1. The number of benzene rings is 1. The van der Waals surface area contributed by atoms with Crippen LogP contribution in [0.2, 0.25) is 0 Å². The van der Waals surface area contributed by atoms with Crippen LogP contribution in [-0.2, 0) is 21.2 Å². The molecule has 6 nitrogen and oxygen atoms in total. The Bertz CT molecular complexity index is 684. The Balaban J connectivity index is 1.53. The largest absolute Gasteiger partial charge is 0.341 e. The van der Waals surface area contributed by atoms with E-state index in [1.807, 2.05) is 4.90 Å². The number of sulfonamides is 1. The maximum Gasteiger partial charge on any atom is 0.240 e. The lowest BCUT2D eigenvalue weighted by atomic mass is 10.0. The summed E-state index contributed by atoms with van der Waals surface area (Å²) in [6, 6.07) is 6.99. The quantitative estimate of drug-likeness (QED) is 0.800. The molecule has 2 aliphatic rings. The van der Waals surface area contributed by atoms with Gasteiger partial charge < -0.3 is 10.6 Å². The average Bonchev–Trinajstić information content (AvgIpc) is 3.36. The van der Waals surface area contributed by atoms with Gasteiger partial charge in [-0.3, -0.25) is 4.79 Å². The molecule has 1 amide bonds. The van der Waals surface area contributed by atoms with Crippen molar-refractivity contribution in [3.05, 3.63) is 29.8 Å². The van der Waals surface area contributed by atoms with E-state index in [-0.39, 0.29) is 22.9 Å². The summed E-state index contributed by atoms with van der Waals surface area (Å²) < 4.78 is 26.9. The number of aryl methyl sites for hydroxylation is 1. The van der Waals surface area contributed by atoms with Crippen molar-refractivity contribution in [2.75, 3.05) is 13.1 Å². The SMILES string of the molecule is NC1CCCN(C(=O)CCc2ccc(S(=O)(=O)NC3CC3)cc2)C1. The summed E-state index contributed by atoms with van der Waals surface area (Å²) in [5.41, 5.74) is 6.88. The van der Waals surface area contributed by atoms with Gasteiger partial charge in [-0.05, 0) is 49.8 Å². The fourth-order valence-corrected chi connectivity index (χ4v) is 4.27. The summed E-state index contributed by atoms with van der Waals surface area (Å²) in [7, 11) is -3.41. The number of carbonyl (C=O) groups excluding carboxylic acids is 1. The molecule has 1 saturated heterocycles. The smallest absolute Gasteiger partial charge is 0.240 e. The molecule has 0 bridgehead atoms. The number of nitrogens with zero attached hydrogens (tertiary/aromatic N) is 1. The van der Waals surface area contributed by atoms with E-state index < -0.39 is 10.0 Å². The van der Waals surface area contributed by atoms with Crippen molar-refractivity contribution < 1.29 is 13.2 Å². The van der Waals surface area contributed by atoms with E-state index in [1.165, 1.54) is 0 Å². The molecule has 1 aromatic carbocycles. The highest BCUT2D eigenvalue weighted by atomic mass is 32.2. The van der Waals surface area contributed by atoms with Crippen LogP contribution in [0.5, 0.6) is 0 Å². The zero-order chi connectivity index (χ0) is 17.2. The van der Waals surface area contributed by atoms with Crippen LogP contribution in [0.4, 0.5) is 0 Å². The number of nitrogens with two attached hydrogens (primary N) is 1. The third kappa shape index (κ3) is 4.55. The number of piperidine rings is 1. The minimum Gasteiger partial charge on any atom is -0.341 e. The maximum absolute atomic E-state index is 12.2. The normalized spacial score (nSPS) is 21.7. The molecule has 0 aromatic heterocycles. The van der Waals surface area contributed by atoms with E-state index in [2.05, 4.69) is 4.72 Å². The van der Waals surface area contributed by atoms with Crippen LogP contribution in [0.1, 0.15) is 37.7 Å². The van der Waals surface area contributed by atoms with Gasteiger partial charge in [0.25, 0.3) is 0 Å². The van der Waals surface area contributed by atoms with Gasteiger partial charge in [-0.1, -0.05) is 12.1 Å². The van der Waals surface area contributed by atoms with Gasteiger partial charge in [0.15, 0.2) is 0 Å². The second kappa shape index (κ2) is 7.21. The van der Waals surface area contributed by atoms with E-state index in [1.54, 1.807) is 24.3 Å². The molecular formula is C17H25N3O3S. The first-order valence-corrected chi connectivity index (χ1v) is 10.1. The molecule has 2 fully saturated rings. The van der Waals surface area contributed by atoms with Crippen molar-refractivity contribution in [2.24, 2.45) is 5.73 Å². The molecule has 1 aliphatic heterocycles. The van der Waals surface area contributed by atoms with Crippen LogP contribution in [0.3, 0.4) is 0 Å². The first-order valence-electron chi connectivity index (χ1n) is 8.59. The van der Waals surface area contributed by atoms with Crippen LogP contribution in [0.15, 0.2) is 29.2 Å². The van der Waals surface area contributed by atoms with Crippen LogP contribution in [-0.4, -0.2) is 44.4 Å². The van der Waals surface area contributed by atoms with Gasteiger partial charge in [-0.2, -0.15) is 0 Å². The van der Waals surface area contributed by atoms with Crippen molar-refractivity contribution >= 4 is 15.9 Å². The van der Waals surface area contributed by atoms with Gasteiger partial charge in [0.2, 0.25) is 15.9 Å².